The van der Waals surface area contributed by atoms with E-state index in [2.05, 4.69) is 5.16 Å². The summed E-state index contributed by atoms with van der Waals surface area (Å²) in [5, 5.41) is 12.2. The van der Waals surface area contributed by atoms with Gasteiger partial charge in [0.05, 0.1) is 11.1 Å². The molecular formula is C15H18FNO3. The molecule has 2 rings (SSSR count). The molecule has 0 aliphatic heterocycles. The molecule has 20 heavy (non-hydrogen) atoms. The smallest absolute Gasteiger partial charge is 0.311 e. The van der Waals surface area contributed by atoms with Crippen LogP contribution < -0.4 is 0 Å². The van der Waals surface area contributed by atoms with E-state index < -0.39 is 17.3 Å². The van der Waals surface area contributed by atoms with Crippen molar-refractivity contribution in [2.45, 2.75) is 39.7 Å². The number of oxime groups is 1. The maximum Gasteiger partial charge on any atom is 0.311 e. The highest BCUT2D eigenvalue weighted by atomic mass is 19.1. The molecule has 4 nitrogen and oxygen atoms in total. The number of halogens is 1. The molecule has 0 saturated carbocycles. The van der Waals surface area contributed by atoms with Crippen molar-refractivity contribution in [1.29, 1.82) is 0 Å². The molecule has 0 bridgehead atoms. The second kappa shape index (κ2) is 5.23. The minimum absolute atomic E-state index is 0.331. The molecule has 0 spiro atoms. The Balaban J connectivity index is 2.34. The van der Waals surface area contributed by atoms with E-state index in [4.69, 9.17) is 9.94 Å². The summed E-state index contributed by atoms with van der Waals surface area (Å²) in [6.45, 7) is 5.31. The second-order valence-electron chi connectivity index (χ2n) is 5.96. The first-order chi connectivity index (χ1) is 9.32. The van der Waals surface area contributed by atoms with Gasteiger partial charge in [0.15, 0.2) is 0 Å². The van der Waals surface area contributed by atoms with Crippen LogP contribution in [0.3, 0.4) is 0 Å². The second-order valence-corrected chi connectivity index (χ2v) is 5.96. The zero-order valence-electron chi connectivity index (χ0n) is 11.8. The largest absolute Gasteiger partial charge is 0.457 e. The van der Waals surface area contributed by atoms with Gasteiger partial charge in [0, 0.05) is 11.1 Å². The molecule has 1 atom stereocenters. The molecule has 5 heteroatoms. The molecule has 1 unspecified atom stereocenters. The van der Waals surface area contributed by atoms with Crippen LogP contribution >= 0.6 is 0 Å². The molecule has 0 saturated heterocycles. The fraction of sp³-hybridized carbons (Fsp3) is 0.467. The van der Waals surface area contributed by atoms with Gasteiger partial charge >= 0.3 is 5.97 Å². The van der Waals surface area contributed by atoms with E-state index in [1.54, 1.807) is 26.8 Å². The highest BCUT2D eigenvalue weighted by molar-refractivity contribution is 6.02. The Kier molecular flexibility index (Phi) is 3.79. The number of benzene rings is 1. The van der Waals surface area contributed by atoms with E-state index in [0.717, 1.165) is 0 Å². The number of hydrogen-bond donors (Lipinski definition) is 1. The Hall–Kier alpha value is -1.91. The van der Waals surface area contributed by atoms with E-state index in [-0.39, 0.29) is 5.97 Å². The van der Waals surface area contributed by atoms with Gasteiger partial charge in [0.2, 0.25) is 0 Å². The van der Waals surface area contributed by atoms with Crippen LogP contribution in [-0.2, 0) is 9.53 Å². The van der Waals surface area contributed by atoms with Gasteiger partial charge in [-0.25, -0.2) is 4.39 Å². The molecule has 0 heterocycles. The molecule has 1 aliphatic carbocycles. The Morgan fingerprint density at radius 1 is 1.45 bits per heavy atom. The van der Waals surface area contributed by atoms with E-state index in [1.807, 2.05) is 0 Å². The summed E-state index contributed by atoms with van der Waals surface area (Å²) in [5.41, 5.74) is 1.07. The summed E-state index contributed by atoms with van der Waals surface area (Å²) in [6, 6.07) is 4.19. The Morgan fingerprint density at radius 3 is 2.75 bits per heavy atom. The number of nitrogens with zero attached hydrogens (tertiary/aromatic N) is 1. The van der Waals surface area contributed by atoms with E-state index in [1.165, 1.54) is 12.1 Å². The summed E-state index contributed by atoms with van der Waals surface area (Å²) in [7, 11) is 0. The molecule has 0 radical (unpaired) electrons. The van der Waals surface area contributed by atoms with Gasteiger partial charge in [-0.1, -0.05) is 5.16 Å². The zero-order chi connectivity index (χ0) is 14.9. The van der Waals surface area contributed by atoms with Crippen molar-refractivity contribution < 1.29 is 19.1 Å². The summed E-state index contributed by atoms with van der Waals surface area (Å²) >= 11 is 0. The predicted octanol–water partition coefficient (Wildman–Crippen LogP) is 3.43. The molecule has 1 aliphatic rings. The normalized spacial score (nSPS) is 20.6. The predicted molar refractivity (Wildman–Crippen MR) is 72.2 cm³/mol. The summed E-state index contributed by atoms with van der Waals surface area (Å²) in [5.74, 6) is -0.734. The average molecular weight is 279 g/mol. The van der Waals surface area contributed by atoms with Gasteiger partial charge in [0.1, 0.15) is 11.9 Å². The molecule has 1 aromatic rings. The summed E-state index contributed by atoms with van der Waals surface area (Å²) < 4.78 is 18.9. The number of hydrogen-bond acceptors (Lipinski definition) is 4. The standard InChI is InChI=1S/C15H18FNO3/c1-15(2,3)14(18)20-13-7-6-12(17-19)10-5-4-9(16)8-11(10)13/h4-5,8,13,19H,6-7H2,1-3H3. The highest BCUT2D eigenvalue weighted by Crippen LogP contribution is 2.35. The maximum absolute atomic E-state index is 13.4. The van der Waals surface area contributed by atoms with Crippen molar-refractivity contribution in [3.8, 4) is 0 Å². The van der Waals surface area contributed by atoms with Crippen molar-refractivity contribution in [2.24, 2.45) is 10.6 Å². The number of fused-ring (bicyclic) bond motifs is 1. The van der Waals surface area contributed by atoms with Crippen molar-refractivity contribution in [1.82, 2.24) is 0 Å². The number of ether oxygens (including phenoxy) is 1. The summed E-state index contributed by atoms with van der Waals surface area (Å²) in [4.78, 5) is 12.0. The van der Waals surface area contributed by atoms with Crippen LogP contribution in [0.15, 0.2) is 23.4 Å². The Bertz CT molecular complexity index is 561. The molecule has 1 N–H and O–H groups in total. The molecule has 0 fully saturated rings. The first-order valence-electron chi connectivity index (χ1n) is 6.55. The van der Waals surface area contributed by atoms with Gasteiger partial charge in [0.25, 0.3) is 0 Å². The van der Waals surface area contributed by atoms with E-state index in [0.29, 0.717) is 29.7 Å². The highest BCUT2D eigenvalue weighted by Gasteiger charge is 2.31. The fourth-order valence-corrected chi connectivity index (χ4v) is 2.15. The maximum atomic E-state index is 13.4. The molecule has 108 valence electrons. The lowest BCUT2D eigenvalue weighted by Crippen LogP contribution is -2.28. The van der Waals surface area contributed by atoms with Crippen molar-refractivity contribution >= 4 is 11.7 Å². The van der Waals surface area contributed by atoms with Crippen molar-refractivity contribution in [3.05, 3.63) is 35.1 Å². The minimum Gasteiger partial charge on any atom is -0.457 e. The van der Waals surface area contributed by atoms with E-state index in [9.17, 15) is 9.18 Å². The van der Waals surface area contributed by atoms with Crippen molar-refractivity contribution in [2.75, 3.05) is 0 Å². The molecule has 0 amide bonds. The SMILES string of the molecule is CC(C)(C)C(=O)OC1CCC(=NO)c2ccc(F)cc21. The monoisotopic (exact) mass is 279 g/mol. The van der Waals surface area contributed by atoms with Crippen LogP contribution in [0.2, 0.25) is 0 Å². The quantitative estimate of drug-likeness (QED) is 0.487. The van der Waals surface area contributed by atoms with Crippen LogP contribution in [-0.4, -0.2) is 16.9 Å². The Morgan fingerprint density at radius 2 is 2.15 bits per heavy atom. The van der Waals surface area contributed by atoms with Gasteiger partial charge in [-0.3, -0.25) is 4.79 Å². The fourth-order valence-electron chi connectivity index (χ4n) is 2.15. The third kappa shape index (κ3) is 2.81. The molecule has 1 aromatic carbocycles. The first kappa shape index (κ1) is 14.5. The average Bonchev–Trinajstić information content (AvgIpc) is 2.38. The van der Waals surface area contributed by atoms with Crippen LogP contribution in [0.1, 0.15) is 50.8 Å². The minimum atomic E-state index is -0.612. The first-order valence-corrected chi connectivity index (χ1v) is 6.55. The summed E-state index contributed by atoms with van der Waals surface area (Å²) in [6.07, 6.45) is 0.465. The number of carbonyl (C=O) groups excluding carboxylic acids is 1. The van der Waals surface area contributed by atoms with Crippen LogP contribution in [0.25, 0.3) is 0 Å². The van der Waals surface area contributed by atoms with Crippen molar-refractivity contribution in [3.63, 3.8) is 0 Å². The van der Waals surface area contributed by atoms with Crippen LogP contribution in [0.5, 0.6) is 0 Å². The number of rotatable bonds is 1. The molecule has 0 aromatic heterocycles. The zero-order valence-corrected chi connectivity index (χ0v) is 11.8. The topological polar surface area (TPSA) is 58.9 Å². The van der Waals surface area contributed by atoms with Gasteiger partial charge in [-0.2, -0.15) is 0 Å². The third-order valence-corrected chi connectivity index (χ3v) is 3.30. The lowest BCUT2D eigenvalue weighted by molar-refractivity contribution is -0.159. The lowest BCUT2D eigenvalue weighted by atomic mass is 9.87. The lowest BCUT2D eigenvalue weighted by Gasteiger charge is -2.28. The van der Waals surface area contributed by atoms with Gasteiger partial charge < -0.3 is 9.94 Å². The Labute approximate surface area is 117 Å². The number of carbonyl (C=O) groups is 1. The third-order valence-electron chi connectivity index (χ3n) is 3.30. The van der Waals surface area contributed by atoms with Crippen LogP contribution in [0, 0.1) is 11.2 Å². The van der Waals surface area contributed by atoms with E-state index >= 15 is 0 Å². The van der Waals surface area contributed by atoms with Gasteiger partial charge in [-0.05, 0) is 51.8 Å². The molecular weight excluding hydrogens is 261 g/mol. The van der Waals surface area contributed by atoms with Crippen LogP contribution in [0.4, 0.5) is 4.39 Å². The number of esters is 1. The van der Waals surface area contributed by atoms with Gasteiger partial charge in [-0.15, -0.1) is 0 Å².